The van der Waals surface area contributed by atoms with Gasteiger partial charge in [-0.15, -0.1) is 0 Å². The number of ether oxygens (including phenoxy) is 2. The molecule has 2 saturated heterocycles. The summed E-state index contributed by atoms with van der Waals surface area (Å²) in [5, 5.41) is 0. The number of aromatic nitrogens is 1. The summed E-state index contributed by atoms with van der Waals surface area (Å²) in [4.78, 5) is 21.6. The molecule has 0 aliphatic carbocycles. The molecule has 2 aliphatic rings. The molecule has 6 nitrogen and oxygen atoms in total. The van der Waals surface area contributed by atoms with Crippen LogP contribution in [0.15, 0.2) is 24.5 Å². The van der Waals surface area contributed by atoms with Gasteiger partial charge in [-0.05, 0) is 56.3 Å². The van der Waals surface area contributed by atoms with Gasteiger partial charge in [-0.25, -0.2) is 0 Å². The van der Waals surface area contributed by atoms with E-state index in [1.165, 1.54) is 0 Å². The third-order valence-electron chi connectivity index (χ3n) is 5.68. The Bertz CT molecular complexity index is 555. The molecule has 2 aliphatic heterocycles. The van der Waals surface area contributed by atoms with Gasteiger partial charge in [-0.1, -0.05) is 6.07 Å². The molecule has 3 rings (SSSR count). The van der Waals surface area contributed by atoms with Crippen LogP contribution in [0.4, 0.5) is 0 Å². The van der Waals surface area contributed by atoms with Crippen LogP contribution in [0.25, 0.3) is 0 Å². The molecule has 2 fully saturated rings. The lowest BCUT2D eigenvalue weighted by Gasteiger charge is -2.35. The number of methoxy groups -OCH3 is 1. The van der Waals surface area contributed by atoms with E-state index in [0.29, 0.717) is 12.3 Å². The summed E-state index contributed by atoms with van der Waals surface area (Å²) in [5.41, 5.74) is 0.981. The minimum Gasteiger partial charge on any atom is -0.383 e. The van der Waals surface area contributed by atoms with Crippen molar-refractivity contribution in [2.24, 2.45) is 5.92 Å². The Kier molecular flexibility index (Phi) is 8.05. The molecular formula is C21H33N3O3. The average Bonchev–Trinajstić information content (AvgIpc) is 3.21. The van der Waals surface area contributed by atoms with E-state index in [1.807, 2.05) is 12.1 Å². The number of rotatable bonds is 9. The second-order valence-corrected chi connectivity index (χ2v) is 7.75. The third kappa shape index (κ3) is 6.55. The Hall–Kier alpha value is -1.50. The first-order valence-electron chi connectivity index (χ1n) is 10.2. The van der Waals surface area contributed by atoms with Crippen LogP contribution in [0.1, 0.15) is 31.2 Å². The molecule has 0 aromatic carbocycles. The van der Waals surface area contributed by atoms with Crippen molar-refractivity contribution in [2.45, 2.75) is 38.2 Å². The highest BCUT2D eigenvalue weighted by Gasteiger charge is 2.27. The number of likely N-dealkylation sites (tertiary alicyclic amines) is 1. The van der Waals surface area contributed by atoms with Crippen molar-refractivity contribution in [3.63, 3.8) is 0 Å². The normalized spacial score (nSPS) is 21.4. The monoisotopic (exact) mass is 375 g/mol. The lowest BCUT2D eigenvalue weighted by atomic mass is 9.95. The average molecular weight is 376 g/mol. The fourth-order valence-electron chi connectivity index (χ4n) is 4.03. The smallest absolute Gasteiger partial charge is 0.227 e. The topological polar surface area (TPSA) is 54.9 Å². The van der Waals surface area contributed by atoms with Crippen molar-refractivity contribution >= 4 is 5.91 Å². The number of amides is 1. The standard InChI is InChI=1S/C21H33N3O3/c1-26-13-11-23-9-6-18(7-10-23)16-24(17-20-5-3-12-27-20)21(25)14-19-4-2-8-22-15-19/h2,4,8,15,18,20H,3,5-7,9-14,16-17H2,1H3/t20-/m0/s1. The first kappa shape index (κ1) is 20.2. The fourth-order valence-corrected chi connectivity index (χ4v) is 4.03. The molecule has 0 radical (unpaired) electrons. The van der Waals surface area contributed by atoms with Crippen LogP contribution in [0.2, 0.25) is 0 Å². The predicted octanol–water partition coefficient (Wildman–Crippen LogP) is 1.99. The lowest BCUT2D eigenvalue weighted by molar-refractivity contribution is -0.133. The molecule has 0 unspecified atom stereocenters. The number of piperidine rings is 1. The third-order valence-corrected chi connectivity index (χ3v) is 5.68. The SMILES string of the molecule is COCCN1CCC(CN(C[C@@H]2CCCO2)C(=O)Cc2cccnc2)CC1. The van der Waals surface area contributed by atoms with Crippen LogP contribution >= 0.6 is 0 Å². The zero-order chi connectivity index (χ0) is 18.9. The van der Waals surface area contributed by atoms with Crippen LogP contribution in [-0.4, -0.2) is 79.8 Å². The summed E-state index contributed by atoms with van der Waals surface area (Å²) in [6.45, 7) is 6.38. The molecule has 1 aromatic heterocycles. The van der Waals surface area contributed by atoms with E-state index in [1.54, 1.807) is 19.5 Å². The largest absolute Gasteiger partial charge is 0.383 e. The van der Waals surface area contributed by atoms with Crippen LogP contribution in [0.3, 0.4) is 0 Å². The number of hydrogen-bond donors (Lipinski definition) is 0. The maximum atomic E-state index is 13.0. The molecule has 1 atom stereocenters. The maximum absolute atomic E-state index is 13.0. The molecule has 0 spiro atoms. The second kappa shape index (κ2) is 10.7. The summed E-state index contributed by atoms with van der Waals surface area (Å²) in [6.07, 6.45) is 8.61. The molecule has 1 aromatic rings. The molecular weight excluding hydrogens is 342 g/mol. The van der Waals surface area contributed by atoms with Crippen molar-refractivity contribution in [1.82, 2.24) is 14.8 Å². The van der Waals surface area contributed by atoms with Crippen molar-refractivity contribution in [1.29, 1.82) is 0 Å². The highest BCUT2D eigenvalue weighted by molar-refractivity contribution is 5.78. The minimum atomic E-state index is 0.195. The number of nitrogens with zero attached hydrogens (tertiary/aromatic N) is 3. The van der Waals surface area contributed by atoms with Gasteiger partial charge < -0.3 is 19.3 Å². The molecule has 1 amide bonds. The number of carbonyl (C=O) groups is 1. The molecule has 6 heteroatoms. The van der Waals surface area contributed by atoms with Crippen LogP contribution < -0.4 is 0 Å². The number of pyridine rings is 1. The van der Waals surface area contributed by atoms with Gasteiger partial charge in [0.15, 0.2) is 0 Å². The van der Waals surface area contributed by atoms with Crippen molar-refractivity contribution in [3.05, 3.63) is 30.1 Å². The molecule has 3 heterocycles. The van der Waals surface area contributed by atoms with Crippen molar-refractivity contribution in [2.75, 3.05) is 53.0 Å². The highest BCUT2D eigenvalue weighted by Crippen LogP contribution is 2.21. The first-order chi connectivity index (χ1) is 13.2. The quantitative estimate of drug-likeness (QED) is 0.661. The van der Waals surface area contributed by atoms with E-state index in [0.717, 1.165) is 77.2 Å². The Morgan fingerprint density at radius 2 is 2.19 bits per heavy atom. The molecule has 0 saturated carbocycles. The predicted molar refractivity (Wildman–Crippen MR) is 105 cm³/mol. The van der Waals surface area contributed by atoms with Gasteiger partial charge in [0.2, 0.25) is 5.91 Å². The second-order valence-electron chi connectivity index (χ2n) is 7.75. The Labute approximate surface area is 162 Å². The van der Waals surface area contributed by atoms with Crippen LogP contribution in [0.5, 0.6) is 0 Å². The van der Waals surface area contributed by atoms with E-state index in [4.69, 9.17) is 9.47 Å². The summed E-state index contributed by atoms with van der Waals surface area (Å²) in [5.74, 6) is 0.767. The van der Waals surface area contributed by atoms with Crippen LogP contribution in [-0.2, 0) is 20.7 Å². The Morgan fingerprint density at radius 1 is 1.33 bits per heavy atom. The van der Waals surface area contributed by atoms with E-state index >= 15 is 0 Å². The molecule has 27 heavy (non-hydrogen) atoms. The molecule has 0 bridgehead atoms. The van der Waals surface area contributed by atoms with Crippen molar-refractivity contribution < 1.29 is 14.3 Å². The minimum absolute atomic E-state index is 0.195. The van der Waals surface area contributed by atoms with E-state index in [-0.39, 0.29) is 12.0 Å². The van der Waals surface area contributed by atoms with Gasteiger partial charge in [0.05, 0.1) is 19.1 Å². The van der Waals surface area contributed by atoms with Crippen LogP contribution in [0, 0.1) is 5.92 Å². The van der Waals surface area contributed by atoms with E-state index < -0.39 is 0 Å². The highest BCUT2D eigenvalue weighted by atomic mass is 16.5. The Balaban J connectivity index is 1.54. The zero-order valence-electron chi connectivity index (χ0n) is 16.5. The van der Waals surface area contributed by atoms with Gasteiger partial charge in [-0.2, -0.15) is 0 Å². The summed E-state index contributed by atoms with van der Waals surface area (Å²) in [7, 11) is 1.75. The molecule has 150 valence electrons. The molecule has 0 N–H and O–H groups in total. The van der Waals surface area contributed by atoms with Gasteiger partial charge >= 0.3 is 0 Å². The lowest BCUT2D eigenvalue weighted by Crippen LogP contribution is -2.44. The maximum Gasteiger partial charge on any atom is 0.227 e. The summed E-state index contributed by atoms with van der Waals surface area (Å²) in [6, 6.07) is 3.87. The zero-order valence-corrected chi connectivity index (χ0v) is 16.5. The van der Waals surface area contributed by atoms with Gasteiger partial charge in [-0.3, -0.25) is 9.78 Å². The van der Waals surface area contributed by atoms with Gasteiger partial charge in [0.25, 0.3) is 0 Å². The summed E-state index contributed by atoms with van der Waals surface area (Å²) >= 11 is 0. The summed E-state index contributed by atoms with van der Waals surface area (Å²) < 4.78 is 11.0. The van der Waals surface area contributed by atoms with Crippen molar-refractivity contribution in [3.8, 4) is 0 Å². The number of carbonyl (C=O) groups excluding carboxylic acids is 1. The van der Waals surface area contributed by atoms with Gasteiger partial charge in [0.1, 0.15) is 0 Å². The fraction of sp³-hybridized carbons (Fsp3) is 0.714. The Morgan fingerprint density at radius 3 is 2.85 bits per heavy atom. The number of hydrogen-bond acceptors (Lipinski definition) is 5. The first-order valence-corrected chi connectivity index (χ1v) is 10.2. The van der Waals surface area contributed by atoms with Gasteiger partial charge in [0, 0.05) is 45.7 Å². The van der Waals surface area contributed by atoms with E-state index in [2.05, 4.69) is 14.8 Å². The van der Waals surface area contributed by atoms with E-state index in [9.17, 15) is 4.79 Å².